The third-order valence-electron chi connectivity index (χ3n) is 9.82. The van der Waals surface area contributed by atoms with E-state index in [1.54, 1.807) is 36.8 Å². The molecule has 6 atom stereocenters. The van der Waals surface area contributed by atoms with Crippen molar-refractivity contribution in [2.24, 2.45) is 0 Å². The number of nitrogens with zero attached hydrogens (tertiary/aromatic N) is 2. The van der Waals surface area contributed by atoms with Crippen LogP contribution in [-0.4, -0.2) is 103 Å². The van der Waals surface area contributed by atoms with E-state index in [-0.39, 0.29) is 24.7 Å². The first-order chi connectivity index (χ1) is 26.0. The number of fused-ring (bicyclic) bond motifs is 2. The second-order valence-electron chi connectivity index (χ2n) is 14.0. The first-order valence-electron chi connectivity index (χ1n) is 17.7. The van der Waals surface area contributed by atoms with E-state index in [0.29, 0.717) is 12.2 Å². The van der Waals surface area contributed by atoms with Crippen molar-refractivity contribution in [2.45, 2.75) is 67.8 Å². The summed E-state index contributed by atoms with van der Waals surface area (Å²) < 4.78 is 5.10. The number of hydrogen-bond acceptors (Lipinski definition) is 10. The van der Waals surface area contributed by atoms with E-state index in [1.165, 1.54) is 28.4 Å². The number of benzene rings is 3. The van der Waals surface area contributed by atoms with Gasteiger partial charge in [-0.15, -0.1) is 11.8 Å². The van der Waals surface area contributed by atoms with Crippen LogP contribution in [0.15, 0.2) is 91.3 Å². The molecule has 0 saturated carbocycles. The molecule has 1 saturated heterocycles. The summed E-state index contributed by atoms with van der Waals surface area (Å²) in [5.74, 6) is -1.41. The molecule has 2 aliphatic rings. The molecule has 6 rings (SSSR count). The van der Waals surface area contributed by atoms with Crippen LogP contribution >= 0.6 is 23.5 Å². The molecule has 1 fully saturated rings. The van der Waals surface area contributed by atoms with Crippen LogP contribution in [0.4, 0.5) is 0 Å². The van der Waals surface area contributed by atoms with Gasteiger partial charge in [0.05, 0.1) is 24.1 Å². The van der Waals surface area contributed by atoms with E-state index >= 15 is 0 Å². The number of hydrogen-bond donors (Lipinski definition) is 5. The van der Waals surface area contributed by atoms with Gasteiger partial charge in [0.2, 0.25) is 11.8 Å². The molecule has 12 nitrogen and oxygen atoms in total. The van der Waals surface area contributed by atoms with Gasteiger partial charge in [0, 0.05) is 40.1 Å². The number of carbonyl (C=O) groups excluding carboxylic acids is 4. The zero-order valence-electron chi connectivity index (χ0n) is 30.3. The van der Waals surface area contributed by atoms with E-state index < -0.39 is 64.8 Å². The number of ether oxygens (including phenoxy) is 1. The van der Waals surface area contributed by atoms with Crippen LogP contribution in [0.25, 0.3) is 10.8 Å². The molecular formula is C40H45N5O7S2. The molecule has 1 aliphatic heterocycles. The fourth-order valence-electron chi connectivity index (χ4n) is 7.08. The minimum absolute atomic E-state index is 0.102. The number of pyridine rings is 1. The van der Waals surface area contributed by atoms with Gasteiger partial charge in [-0.1, -0.05) is 66.7 Å². The van der Waals surface area contributed by atoms with Crippen LogP contribution in [0.5, 0.6) is 5.75 Å². The highest BCUT2D eigenvalue weighted by molar-refractivity contribution is 8.00. The van der Waals surface area contributed by atoms with E-state index in [9.17, 15) is 29.4 Å². The molecule has 0 radical (unpaired) electrons. The zero-order chi connectivity index (χ0) is 38.4. The zero-order valence-corrected chi connectivity index (χ0v) is 31.9. The Kier molecular flexibility index (Phi) is 12.5. The average molecular weight is 772 g/mol. The highest BCUT2D eigenvalue weighted by Crippen LogP contribution is 2.41. The molecule has 2 heterocycles. The summed E-state index contributed by atoms with van der Waals surface area (Å²) >= 11 is 2.75. The van der Waals surface area contributed by atoms with Gasteiger partial charge in [-0.2, -0.15) is 11.8 Å². The quantitative estimate of drug-likeness (QED) is 0.129. The number of carbonyl (C=O) groups is 4. The minimum atomic E-state index is -1.73. The van der Waals surface area contributed by atoms with Crippen molar-refractivity contribution in [1.82, 2.24) is 25.8 Å². The lowest BCUT2D eigenvalue weighted by Gasteiger charge is -2.34. The fraction of sp³-hybridized carbons (Fsp3) is 0.375. The second kappa shape index (κ2) is 17.2. The molecule has 284 valence electrons. The molecule has 3 aromatic carbocycles. The topological polar surface area (TPSA) is 170 Å². The monoisotopic (exact) mass is 771 g/mol. The molecule has 0 spiro atoms. The van der Waals surface area contributed by atoms with E-state index in [2.05, 4.69) is 20.9 Å². The lowest BCUT2D eigenvalue weighted by atomic mass is 9.96. The van der Waals surface area contributed by atoms with Gasteiger partial charge < -0.3 is 35.8 Å². The van der Waals surface area contributed by atoms with Crippen molar-refractivity contribution in [1.29, 1.82) is 0 Å². The number of thioether (sulfide) groups is 2. The summed E-state index contributed by atoms with van der Waals surface area (Å²) in [6.07, 6.45) is 3.09. The van der Waals surface area contributed by atoms with Crippen molar-refractivity contribution >= 4 is 57.9 Å². The maximum absolute atomic E-state index is 14.2. The van der Waals surface area contributed by atoms with Crippen molar-refractivity contribution < 1.29 is 34.1 Å². The van der Waals surface area contributed by atoms with E-state index in [0.717, 1.165) is 27.5 Å². The third-order valence-corrected chi connectivity index (χ3v) is 11.9. The van der Waals surface area contributed by atoms with Crippen molar-refractivity contribution in [2.75, 3.05) is 24.5 Å². The summed E-state index contributed by atoms with van der Waals surface area (Å²) in [6.45, 7) is 3.38. The maximum atomic E-state index is 14.2. The summed E-state index contributed by atoms with van der Waals surface area (Å²) in [7, 11) is 0. The van der Waals surface area contributed by atoms with Gasteiger partial charge in [0.1, 0.15) is 17.8 Å². The Morgan fingerprint density at radius 1 is 1.02 bits per heavy atom. The van der Waals surface area contributed by atoms with E-state index in [4.69, 9.17) is 4.74 Å². The Morgan fingerprint density at radius 3 is 2.56 bits per heavy atom. The van der Waals surface area contributed by atoms with Crippen molar-refractivity contribution in [3.63, 3.8) is 0 Å². The smallest absolute Gasteiger partial charge is 0.258 e. The highest BCUT2D eigenvalue weighted by Gasteiger charge is 2.51. The Balaban J connectivity index is 1.16. The number of amides is 4. The summed E-state index contributed by atoms with van der Waals surface area (Å²) in [5.41, 5.74) is 2.54. The van der Waals surface area contributed by atoms with Gasteiger partial charge in [0.25, 0.3) is 11.8 Å². The fourth-order valence-corrected chi connectivity index (χ4v) is 8.78. The summed E-state index contributed by atoms with van der Waals surface area (Å²) in [4.78, 5) is 60.6. The first-order valence-corrected chi connectivity index (χ1v) is 20.1. The van der Waals surface area contributed by atoms with Crippen LogP contribution in [0.1, 0.15) is 36.6 Å². The Hall–Kier alpha value is -4.63. The SMILES string of the molecule is CSC[C@H](NC(=O)COc1cccc2cnccc12)C(=O)N[C@@H](Cc1ccccc1)[C@H](O)C(=O)N1CSC(C)(C)C1C(=O)N[C@H]1c2ccccc2C[C@H]1O. The number of nitrogens with one attached hydrogen (secondary N) is 3. The predicted molar refractivity (Wildman–Crippen MR) is 210 cm³/mol. The molecule has 1 aromatic heterocycles. The Bertz CT molecular complexity index is 1980. The number of aromatic nitrogens is 1. The third kappa shape index (κ3) is 8.84. The lowest BCUT2D eigenvalue weighted by molar-refractivity contribution is -0.148. The number of aliphatic hydroxyl groups excluding tert-OH is 2. The average Bonchev–Trinajstić information content (AvgIpc) is 3.67. The van der Waals surface area contributed by atoms with Gasteiger partial charge in [0.15, 0.2) is 12.7 Å². The van der Waals surface area contributed by atoms with Crippen LogP contribution in [0, 0.1) is 0 Å². The Labute approximate surface area is 322 Å². The first kappa shape index (κ1) is 39.1. The molecular weight excluding hydrogens is 727 g/mol. The van der Waals surface area contributed by atoms with Gasteiger partial charge in [-0.05, 0) is 55.3 Å². The summed E-state index contributed by atoms with van der Waals surface area (Å²) in [5, 5.41) is 32.8. The van der Waals surface area contributed by atoms with Crippen molar-refractivity contribution in [3.8, 4) is 5.75 Å². The molecule has 54 heavy (non-hydrogen) atoms. The minimum Gasteiger partial charge on any atom is -0.483 e. The van der Waals surface area contributed by atoms with Gasteiger partial charge >= 0.3 is 0 Å². The molecule has 4 aromatic rings. The maximum Gasteiger partial charge on any atom is 0.258 e. The standard InChI is InChI=1S/C40H45N5O7S2/c1-40(2)36(38(50)44-34-28-14-8-7-12-25(28)19-31(34)46)45(23-54-40)39(51)35(48)29(18-24-10-5-4-6-11-24)43-37(49)30(22-53-3)42-33(47)21-52-32-15-9-13-26-20-41-17-16-27(26)32/h4-17,20,29-31,34-36,46,48H,18-19,21-23H2,1-3H3,(H,42,47)(H,43,49)(H,44,50)/t29-,30-,31+,34-,35-,36?/m0/s1. The van der Waals surface area contributed by atoms with Crippen LogP contribution in [0.3, 0.4) is 0 Å². The molecule has 14 heteroatoms. The van der Waals surface area contributed by atoms with Crippen LogP contribution in [-0.2, 0) is 32.0 Å². The highest BCUT2D eigenvalue weighted by atomic mass is 32.2. The molecule has 1 aliphatic carbocycles. The largest absolute Gasteiger partial charge is 0.483 e. The number of aliphatic hydroxyl groups is 2. The normalized spacial score (nSPS) is 20.4. The van der Waals surface area contributed by atoms with Crippen LogP contribution in [0.2, 0.25) is 0 Å². The Morgan fingerprint density at radius 2 is 1.78 bits per heavy atom. The lowest BCUT2D eigenvalue weighted by Crippen LogP contribution is -2.60. The van der Waals surface area contributed by atoms with Crippen molar-refractivity contribution in [3.05, 3.63) is 108 Å². The second-order valence-corrected chi connectivity index (χ2v) is 16.5. The predicted octanol–water partition coefficient (Wildman–Crippen LogP) is 3.00. The molecule has 1 unspecified atom stereocenters. The van der Waals surface area contributed by atoms with E-state index in [1.807, 2.05) is 74.5 Å². The molecule has 4 amide bonds. The molecule has 5 N–H and O–H groups in total. The van der Waals surface area contributed by atoms with Crippen LogP contribution < -0.4 is 20.7 Å². The number of rotatable bonds is 14. The van der Waals surface area contributed by atoms with Gasteiger partial charge in [-0.3, -0.25) is 24.2 Å². The van der Waals surface area contributed by atoms with Gasteiger partial charge in [-0.25, -0.2) is 0 Å². The molecule has 0 bridgehead atoms. The summed E-state index contributed by atoms with van der Waals surface area (Å²) in [6, 6.07) is 20.2.